The van der Waals surface area contributed by atoms with Crippen LogP contribution in [0.5, 0.6) is 5.75 Å². The fraction of sp³-hybridized carbons (Fsp3) is 0.500. The Hall–Kier alpha value is -3.36. The van der Waals surface area contributed by atoms with Gasteiger partial charge in [0.05, 0.1) is 12.8 Å². The molecule has 0 radical (unpaired) electrons. The third kappa shape index (κ3) is 7.62. The first-order chi connectivity index (χ1) is 15.6. The van der Waals surface area contributed by atoms with Gasteiger partial charge in [-0.05, 0) is 49.8 Å². The average Bonchev–Trinajstić information content (AvgIpc) is 2.78. The van der Waals surface area contributed by atoms with Crippen LogP contribution in [0.1, 0.15) is 45.6 Å². The Kier molecular flexibility index (Phi) is 9.44. The van der Waals surface area contributed by atoms with Crippen molar-refractivity contribution in [3.8, 4) is 5.75 Å². The summed E-state index contributed by atoms with van der Waals surface area (Å²) in [5.74, 6) is -2.08. The van der Waals surface area contributed by atoms with Crippen LogP contribution in [0.3, 0.4) is 0 Å². The minimum absolute atomic E-state index is 0.210. The number of rotatable bonds is 7. The summed E-state index contributed by atoms with van der Waals surface area (Å²) in [6.07, 6.45) is 1.48. The molecule has 1 fully saturated rings. The Morgan fingerprint density at radius 1 is 1.03 bits per heavy atom. The second-order valence-corrected chi connectivity index (χ2v) is 8.42. The molecule has 2 rings (SSSR count). The first-order valence-corrected chi connectivity index (χ1v) is 11.1. The van der Waals surface area contributed by atoms with Crippen LogP contribution in [0.15, 0.2) is 36.5 Å². The highest BCUT2D eigenvalue weighted by molar-refractivity contribution is 6.01. The molecule has 33 heavy (non-hydrogen) atoms. The normalized spacial score (nSPS) is 22.5. The number of amides is 3. The molecule has 3 amide bonds. The molecule has 3 atom stereocenters. The van der Waals surface area contributed by atoms with Crippen molar-refractivity contribution in [3.63, 3.8) is 0 Å². The van der Waals surface area contributed by atoms with E-state index in [1.807, 2.05) is 24.3 Å². The standard InChI is InChI=1S/C24H33N3O6/c1-14(2)20-23(30)27-19(9-7-6-8-17-10-12-18(32-5)13-11-17)22(29)25-15(3)21(28)26-16(4)24(31)33-20/h10-14,16,19-20H,3,6-9H2,1-2,4-5H3,(H,25,29)(H,26,28)(H,27,30). The van der Waals surface area contributed by atoms with E-state index in [0.717, 1.165) is 24.2 Å². The zero-order valence-corrected chi connectivity index (χ0v) is 19.6. The Labute approximate surface area is 194 Å². The topological polar surface area (TPSA) is 123 Å². The van der Waals surface area contributed by atoms with E-state index in [9.17, 15) is 19.2 Å². The van der Waals surface area contributed by atoms with Crippen molar-refractivity contribution in [2.24, 2.45) is 5.92 Å². The SMILES string of the molecule is C=C1NC(=O)C(CCCCc2ccc(OC)cc2)NC(=O)C(C(C)C)OC(=O)C(C)NC1=O. The van der Waals surface area contributed by atoms with E-state index in [-0.39, 0.29) is 11.6 Å². The van der Waals surface area contributed by atoms with Gasteiger partial charge in [-0.3, -0.25) is 14.4 Å². The van der Waals surface area contributed by atoms with Crippen LogP contribution in [0.4, 0.5) is 0 Å². The van der Waals surface area contributed by atoms with Gasteiger partial charge in [-0.2, -0.15) is 0 Å². The molecule has 0 saturated carbocycles. The van der Waals surface area contributed by atoms with Crippen LogP contribution in [-0.2, 0) is 30.3 Å². The van der Waals surface area contributed by atoms with Gasteiger partial charge < -0.3 is 25.4 Å². The highest BCUT2D eigenvalue weighted by atomic mass is 16.5. The van der Waals surface area contributed by atoms with Crippen molar-refractivity contribution in [1.82, 2.24) is 16.0 Å². The fourth-order valence-corrected chi connectivity index (χ4v) is 3.35. The second-order valence-electron chi connectivity index (χ2n) is 8.42. The van der Waals surface area contributed by atoms with E-state index < -0.39 is 41.9 Å². The first kappa shape index (κ1) is 25.9. The van der Waals surface area contributed by atoms with E-state index >= 15 is 0 Å². The maximum Gasteiger partial charge on any atom is 0.329 e. The minimum Gasteiger partial charge on any atom is -0.497 e. The lowest BCUT2D eigenvalue weighted by atomic mass is 10.0. The molecule has 3 unspecified atom stereocenters. The number of methoxy groups -OCH3 is 1. The summed E-state index contributed by atoms with van der Waals surface area (Å²) in [4.78, 5) is 50.2. The van der Waals surface area contributed by atoms with Crippen molar-refractivity contribution < 1.29 is 28.7 Å². The smallest absolute Gasteiger partial charge is 0.329 e. The largest absolute Gasteiger partial charge is 0.497 e. The summed E-state index contributed by atoms with van der Waals surface area (Å²) in [7, 11) is 1.61. The summed E-state index contributed by atoms with van der Waals surface area (Å²) in [6.45, 7) is 8.46. The van der Waals surface area contributed by atoms with Gasteiger partial charge in [0.25, 0.3) is 11.8 Å². The van der Waals surface area contributed by atoms with Gasteiger partial charge in [0.2, 0.25) is 5.91 Å². The summed E-state index contributed by atoms with van der Waals surface area (Å²) in [6, 6.07) is 5.83. The molecule has 0 bridgehead atoms. The van der Waals surface area contributed by atoms with Crippen LogP contribution in [-0.4, -0.2) is 49.0 Å². The Bertz CT molecular complexity index is 881. The van der Waals surface area contributed by atoms with Gasteiger partial charge >= 0.3 is 5.97 Å². The number of benzene rings is 1. The van der Waals surface area contributed by atoms with Gasteiger partial charge in [-0.1, -0.05) is 39.0 Å². The maximum absolute atomic E-state index is 12.9. The van der Waals surface area contributed by atoms with Crippen LogP contribution in [0.25, 0.3) is 0 Å². The molecule has 0 spiro atoms. The molecule has 1 saturated heterocycles. The summed E-state index contributed by atoms with van der Waals surface area (Å²) in [5, 5.41) is 7.54. The molecule has 9 nitrogen and oxygen atoms in total. The fourth-order valence-electron chi connectivity index (χ4n) is 3.35. The van der Waals surface area contributed by atoms with Crippen LogP contribution in [0, 0.1) is 5.92 Å². The number of hydrogen-bond donors (Lipinski definition) is 3. The number of carbonyl (C=O) groups is 4. The highest BCUT2D eigenvalue weighted by Crippen LogP contribution is 2.15. The number of cyclic esters (lactones) is 1. The maximum atomic E-state index is 12.9. The van der Waals surface area contributed by atoms with Gasteiger partial charge in [0, 0.05) is 0 Å². The van der Waals surface area contributed by atoms with Crippen molar-refractivity contribution >= 4 is 23.7 Å². The number of hydrogen-bond acceptors (Lipinski definition) is 6. The number of nitrogens with one attached hydrogen (secondary N) is 3. The van der Waals surface area contributed by atoms with E-state index in [1.165, 1.54) is 6.92 Å². The quantitative estimate of drug-likeness (QED) is 0.323. The lowest BCUT2D eigenvalue weighted by molar-refractivity contribution is -0.161. The number of carbonyl (C=O) groups excluding carboxylic acids is 4. The molecule has 0 aromatic heterocycles. The third-order valence-corrected chi connectivity index (χ3v) is 5.36. The lowest BCUT2D eigenvalue weighted by Gasteiger charge is -2.27. The Morgan fingerprint density at radius 2 is 1.70 bits per heavy atom. The highest BCUT2D eigenvalue weighted by Gasteiger charge is 2.33. The van der Waals surface area contributed by atoms with E-state index in [2.05, 4.69) is 22.5 Å². The molecular weight excluding hydrogens is 426 g/mol. The van der Waals surface area contributed by atoms with E-state index in [4.69, 9.17) is 9.47 Å². The number of unbranched alkanes of at least 4 members (excludes halogenated alkanes) is 1. The molecule has 1 aromatic rings. The Balaban J connectivity index is 2.08. The molecule has 1 aromatic carbocycles. The molecule has 0 aliphatic carbocycles. The number of aryl methyl sites for hydroxylation is 1. The predicted octanol–water partition coefficient (Wildman–Crippen LogP) is 1.61. The molecule has 9 heteroatoms. The van der Waals surface area contributed by atoms with Crippen molar-refractivity contribution in [3.05, 3.63) is 42.1 Å². The van der Waals surface area contributed by atoms with Crippen LogP contribution >= 0.6 is 0 Å². The molecule has 1 aliphatic heterocycles. The summed E-state index contributed by atoms with van der Waals surface area (Å²) < 4.78 is 10.5. The average molecular weight is 460 g/mol. The van der Waals surface area contributed by atoms with Crippen LogP contribution < -0.4 is 20.7 Å². The van der Waals surface area contributed by atoms with Gasteiger partial charge in [0.15, 0.2) is 6.10 Å². The minimum atomic E-state index is -1.09. The molecule has 1 heterocycles. The molecular formula is C24H33N3O6. The number of esters is 1. The zero-order valence-electron chi connectivity index (χ0n) is 19.6. The summed E-state index contributed by atoms with van der Waals surface area (Å²) >= 11 is 0. The lowest BCUT2D eigenvalue weighted by Crippen LogP contribution is -2.54. The van der Waals surface area contributed by atoms with Gasteiger partial charge in [-0.15, -0.1) is 0 Å². The third-order valence-electron chi connectivity index (χ3n) is 5.36. The van der Waals surface area contributed by atoms with Crippen molar-refractivity contribution in [1.29, 1.82) is 0 Å². The monoisotopic (exact) mass is 459 g/mol. The van der Waals surface area contributed by atoms with Gasteiger partial charge in [-0.25, -0.2) is 4.79 Å². The number of ether oxygens (including phenoxy) is 2. The second kappa shape index (κ2) is 12.0. The van der Waals surface area contributed by atoms with Crippen LogP contribution in [0.2, 0.25) is 0 Å². The summed E-state index contributed by atoms with van der Waals surface area (Å²) in [5.41, 5.74) is 0.923. The van der Waals surface area contributed by atoms with E-state index in [1.54, 1.807) is 21.0 Å². The van der Waals surface area contributed by atoms with Gasteiger partial charge in [0.1, 0.15) is 17.8 Å². The molecule has 1 aliphatic rings. The predicted molar refractivity (Wildman–Crippen MR) is 122 cm³/mol. The van der Waals surface area contributed by atoms with Crippen molar-refractivity contribution in [2.45, 2.75) is 64.6 Å². The van der Waals surface area contributed by atoms with Crippen molar-refractivity contribution in [2.75, 3.05) is 7.11 Å². The Morgan fingerprint density at radius 3 is 2.30 bits per heavy atom. The first-order valence-electron chi connectivity index (χ1n) is 11.1. The molecule has 180 valence electrons. The zero-order chi connectivity index (χ0) is 24.5. The molecule has 3 N–H and O–H groups in total. The van der Waals surface area contributed by atoms with E-state index in [0.29, 0.717) is 12.8 Å².